The molecule has 7 heavy (non-hydrogen) atoms. The van der Waals surface area contributed by atoms with E-state index < -0.39 is 0 Å². The number of hydrogen-bond donors (Lipinski definition) is 0. The van der Waals surface area contributed by atoms with Crippen LogP contribution in [0.15, 0.2) is 0 Å². The van der Waals surface area contributed by atoms with E-state index in [2.05, 4.69) is 6.92 Å². The molecule has 0 radical (unpaired) electrons. The largest absolute Gasteiger partial charge is 0.187 e. The maximum Gasteiger partial charge on any atom is 0.187 e. The third-order valence-corrected chi connectivity index (χ3v) is 1.64. The molecule has 0 aromatic rings. The quantitative estimate of drug-likeness (QED) is 0.412. The molecule has 1 aliphatic carbocycles. The molecule has 0 heterocycles. The van der Waals surface area contributed by atoms with Gasteiger partial charge in [0.05, 0.1) is 0 Å². The molecule has 42 valence electrons. The lowest BCUT2D eigenvalue weighted by atomic mass is 10.2. The highest BCUT2D eigenvalue weighted by Crippen LogP contribution is 2.22. The Hall–Kier alpha value is 0.532. The Morgan fingerprint density at radius 3 is 1.71 bits per heavy atom. The van der Waals surface area contributed by atoms with Crippen molar-refractivity contribution < 1.29 is 0 Å². The Bertz CT molecular complexity index is 37.4. The summed E-state index contributed by atoms with van der Waals surface area (Å²) in [6.07, 6.45) is 5.95. The molecule has 0 N–H and O–H groups in total. The topological polar surface area (TPSA) is 0 Å². The van der Waals surface area contributed by atoms with Gasteiger partial charge in [-0.3, -0.25) is 0 Å². The van der Waals surface area contributed by atoms with Crippen LogP contribution in [0.4, 0.5) is 0 Å². The van der Waals surface area contributed by atoms with Crippen LogP contribution >= 0.6 is 0 Å². The van der Waals surface area contributed by atoms with Crippen LogP contribution in [0.2, 0.25) is 0 Å². The molecule has 1 saturated carbocycles. The zero-order chi connectivity index (χ0) is 4.41. The van der Waals surface area contributed by atoms with Gasteiger partial charge in [0.2, 0.25) is 0 Å². The van der Waals surface area contributed by atoms with Crippen LogP contribution in [0.25, 0.3) is 0 Å². The molecule has 1 heteroatoms. The lowest BCUT2D eigenvalue weighted by Crippen LogP contribution is -1.78. The summed E-state index contributed by atoms with van der Waals surface area (Å²) in [7, 11) is 0. The van der Waals surface area contributed by atoms with Crippen molar-refractivity contribution in [2.45, 2.75) is 32.6 Å². The van der Waals surface area contributed by atoms with Gasteiger partial charge in [-0.15, -0.1) is 0 Å². The van der Waals surface area contributed by atoms with Gasteiger partial charge in [0.25, 0.3) is 0 Å². The second-order valence-corrected chi connectivity index (χ2v) is 2.39. The number of hydrogen-bond acceptors (Lipinski definition) is 0. The Kier molecular flexibility index (Phi) is 3.79. The third-order valence-electron chi connectivity index (χ3n) is 1.64. The smallest absolute Gasteiger partial charge is 0.0625 e. The van der Waals surface area contributed by atoms with E-state index in [4.69, 9.17) is 0 Å². The number of rotatable bonds is 0. The predicted octanol–water partition coefficient (Wildman–Crippen LogP) is 1.01. The van der Waals surface area contributed by atoms with Crippen molar-refractivity contribution in [3.63, 3.8) is 0 Å². The Morgan fingerprint density at radius 2 is 1.57 bits per heavy atom. The van der Waals surface area contributed by atoms with Crippen molar-refractivity contribution in [2.24, 2.45) is 5.92 Å². The Balaban J connectivity index is 0.000000360. The third kappa shape index (κ3) is 2.37. The van der Waals surface area contributed by atoms with Gasteiger partial charge in [-0.1, -0.05) is 32.6 Å². The van der Waals surface area contributed by atoms with Gasteiger partial charge in [-0.25, -0.2) is 0 Å². The predicted molar refractivity (Wildman–Crippen MR) is 37.6 cm³/mol. The molecule has 0 saturated heterocycles. The zero-order valence-electron chi connectivity index (χ0n) is 4.41. The summed E-state index contributed by atoms with van der Waals surface area (Å²) < 4.78 is 0. The first-order chi connectivity index (χ1) is 2.89. The minimum atomic E-state index is 0. The molecule has 1 fully saturated rings. The van der Waals surface area contributed by atoms with Crippen LogP contribution in [-0.4, -0.2) is 17.4 Å². The van der Waals surface area contributed by atoms with Crippen molar-refractivity contribution in [2.75, 3.05) is 0 Å². The molecule has 0 unspecified atom stereocenters. The average molecular weight is 114 g/mol. The van der Waals surface area contributed by atoms with Crippen LogP contribution in [0.1, 0.15) is 32.6 Å². The van der Waals surface area contributed by atoms with E-state index in [9.17, 15) is 0 Å². The van der Waals surface area contributed by atoms with Crippen LogP contribution in [-0.2, 0) is 0 Å². The van der Waals surface area contributed by atoms with Gasteiger partial charge in [0, 0.05) is 0 Å². The van der Waals surface area contributed by atoms with E-state index in [1.807, 2.05) is 0 Å². The summed E-state index contributed by atoms with van der Waals surface area (Å²) in [4.78, 5) is 0. The first-order valence-electron chi connectivity index (χ1n) is 2.89. The lowest BCUT2D eigenvalue weighted by molar-refractivity contribution is 0.612. The van der Waals surface area contributed by atoms with Crippen molar-refractivity contribution in [1.29, 1.82) is 0 Å². The average Bonchev–Trinajstić information content (AvgIpc) is 1.86. The SMILES string of the molecule is CC1CCCC1.[AlH3]. The minimum Gasteiger partial charge on any atom is -0.0625 e. The maximum atomic E-state index is 2.34. The Labute approximate surface area is 56.4 Å². The summed E-state index contributed by atoms with van der Waals surface area (Å²) in [5.74, 6) is 1.05. The second-order valence-electron chi connectivity index (χ2n) is 2.39. The van der Waals surface area contributed by atoms with Gasteiger partial charge < -0.3 is 0 Å². The normalized spacial score (nSPS) is 21.9. The molecule has 0 spiro atoms. The summed E-state index contributed by atoms with van der Waals surface area (Å²) in [5, 5.41) is 0. The van der Waals surface area contributed by atoms with Gasteiger partial charge in [-0.05, 0) is 5.92 Å². The second kappa shape index (κ2) is 3.52. The van der Waals surface area contributed by atoms with Gasteiger partial charge >= 0.3 is 0 Å². The monoisotopic (exact) mass is 114 g/mol. The zero-order valence-corrected chi connectivity index (χ0v) is 4.41. The van der Waals surface area contributed by atoms with E-state index in [0.29, 0.717) is 0 Å². The molecule has 0 amide bonds. The molecule has 0 aromatic carbocycles. The first-order valence-corrected chi connectivity index (χ1v) is 2.89. The van der Waals surface area contributed by atoms with E-state index in [1.54, 1.807) is 0 Å². The van der Waals surface area contributed by atoms with Crippen LogP contribution < -0.4 is 0 Å². The molecule has 0 aliphatic heterocycles. The van der Waals surface area contributed by atoms with Gasteiger partial charge in [0.1, 0.15) is 0 Å². The standard InChI is InChI=1S/C6H12.Al.3H/c1-6-4-2-3-5-6;;;;/h6H,2-5H2,1H3;;;;. The molecule has 0 atom stereocenters. The summed E-state index contributed by atoms with van der Waals surface area (Å²) in [6.45, 7) is 2.34. The maximum absolute atomic E-state index is 2.34. The highest BCUT2D eigenvalue weighted by molar-refractivity contribution is 5.75. The molecule has 0 bridgehead atoms. The molecular formula is C6H15Al. The van der Waals surface area contributed by atoms with E-state index in [-0.39, 0.29) is 17.4 Å². The fourth-order valence-electron chi connectivity index (χ4n) is 1.13. The molecular weight excluding hydrogens is 99.0 g/mol. The molecule has 1 aliphatic rings. The van der Waals surface area contributed by atoms with Gasteiger partial charge in [0.15, 0.2) is 17.4 Å². The van der Waals surface area contributed by atoms with Crippen molar-refractivity contribution in [1.82, 2.24) is 0 Å². The van der Waals surface area contributed by atoms with Crippen molar-refractivity contribution >= 4 is 17.4 Å². The van der Waals surface area contributed by atoms with E-state index >= 15 is 0 Å². The fourth-order valence-corrected chi connectivity index (χ4v) is 1.13. The summed E-state index contributed by atoms with van der Waals surface area (Å²) in [5.41, 5.74) is 0. The summed E-state index contributed by atoms with van der Waals surface area (Å²) in [6, 6.07) is 0. The van der Waals surface area contributed by atoms with Gasteiger partial charge in [-0.2, -0.15) is 0 Å². The first kappa shape index (κ1) is 7.53. The highest BCUT2D eigenvalue weighted by Gasteiger charge is 2.07. The molecule has 1 rings (SSSR count). The lowest BCUT2D eigenvalue weighted by Gasteiger charge is -1.91. The Morgan fingerprint density at radius 1 is 1.14 bits per heavy atom. The van der Waals surface area contributed by atoms with E-state index in [1.165, 1.54) is 25.7 Å². The summed E-state index contributed by atoms with van der Waals surface area (Å²) >= 11 is 0. The fraction of sp³-hybridized carbons (Fsp3) is 1.00. The van der Waals surface area contributed by atoms with Crippen molar-refractivity contribution in [3.8, 4) is 0 Å². The minimum absolute atomic E-state index is 0. The molecule has 0 aromatic heterocycles. The van der Waals surface area contributed by atoms with E-state index in [0.717, 1.165) is 5.92 Å². The van der Waals surface area contributed by atoms with Crippen molar-refractivity contribution in [3.05, 3.63) is 0 Å². The molecule has 0 nitrogen and oxygen atoms in total. The van der Waals surface area contributed by atoms with Crippen LogP contribution in [0.5, 0.6) is 0 Å². The highest BCUT2D eigenvalue weighted by atomic mass is 27.0. The van der Waals surface area contributed by atoms with Crippen LogP contribution in [0, 0.1) is 5.92 Å². The van der Waals surface area contributed by atoms with Crippen LogP contribution in [0.3, 0.4) is 0 Å².